The molecule has 0 bridgehead atoms. The maximum absolute atomic E-state index is 11.2. The average Bonchev–Trinajstić information content (AvgIpc) is 2.49. The molecular formula is C16H20O5. The first kappa shape index (κ1) is 15.4. The standard InChI is InChI=1S/C16H20O5/c1-20-15(17)10-11-2-6-13(7-3-11)21-14-8-4-12(5-9-14)16(18)19/h4-5,8-9,11,13H,2-3,6-7,10H2,1H3,(H,18,19). The Labute approximate surface area is 123 Å². The Bertz CT molecular complexity index is 486. The van der Waals surface area contributed by atoms with Crippen LogP contribution in [0.4, 0.5) is 0 Å². The fourth-order valence-corrected chi connectivity index (χ4v) is 2.64. The Morgan fingerprint density at radius 2 is 1.76 bits per heavy atom. The van der Waals surface area contributed by atoms with Crippen LogP contribution in [0.1, 0.15) is 42.5 Å². The number of rotatable bonds is 5. The van der Waals surface area contributed by atoms with Crippen molar-refractivity contribution in [3.8, 4) is 5.75 Å². The van der Waals surface area contributed by atoms with Crippen LogP contribution in [-0.2, 0) is 9.53 Å². The van der Waals surface area contributed by atoms with Crippen LogP contribution in [0.3, 0.4) is 0 Å². The van der Waals surface area contributed by atoms with E-state index in [2.05, 4.69) is 4.74 Å². The summed E-state index contributed by atoms with van der Waals surface area (Å²) in [5, 5.41) is 8.84. The lowest BCUT2D eigenvalue weighted by Crippen LogP contribution is -2.25. The SMILES string of the molecule is COC(=O)CC1CCC(Oc2ccc(C(=O)O)cc2)CC1. The van der Waals surface area contributed by atoms with Crippen LogP contribution in [-0.4, -0.2) is 30.3 Å². The normalized spacial score (nSPS) is 21.6. The van der Waals surface area contributed by atoms with Crippen molar-refractivity contribution in [2.24, 2.45) is 5.92 Å². The molecule has 2 rings (SSSR count). The zero-order valence-corrected chi connectivity index (χ0v) is 12.1. The molecule has 21 heavy (non-hydrogen) atoms. The van der Waals surface area contributed by atoms with Crippen molar-refractivity contribution in [2.45, 2.75) is 38.2 Å². The molecule has 0 saturated heterocycles. The van der Waals surface area contributed by atoms with Crippen LogP contribution in [0.15, 0.2) is 24.3 Å². The Morgan fingerprint density at radius 3 is 2.29 bits per heavy atom. The maximum atomic E-state index is 11.2. The Kier molecular flexibility index (Phi) is 5.20. The fraction of sp³-hybridized carbons (Fsp3) is 0.500. The van der Waals surface area contributed by atoms with E-state index in [-0.39, 0.29) is 17.6 Å². The fourth-order valence-electron chi connectivity index (χ4n) is 2.64. The number of aromatic carboxylic acids is 1. The number of esters is 1. The van der Waals surface area contributed by atoms with Crippen molar-refractivity contribution in [2.75, 3.05) is 7.11 Å². The van der Waals surface area contributed by atoms with Gasteiger partial charge < -0.3 is 14.6 Å². The molecule has 0 radical (unpaired) electrons. The van der Waals surface area contributed by atoms with E-state index in [1.807, 2.05) is 0 Å². The number of hydrogen-bond donors (Lipinski definition) is 1. The van der Waals surface area contributed by atoms with E-state index in [9.17, 15) is 9.59 Å². The number of benzene rings is 1. The Balaban J connectivity index is 1.80. The number of carbonyl (C=O) groups is 2. The summed E-state index contributed by atoms with van der Waals surface area (Å²) in [5.41, 5.74) is 0.254. The second-order valence-corrected chi connectivity index (χ2v) is 5.37. The molecule has 1 saturated carbocycles. The highest BCUT2D eigenvalue weighted by atomic mass is 16.5. The predicted molar refractivity (Wildman–Crippen MR) is 76.4 cm³/mol. The second kappa shape index (κ2) is 7.11. The zero-order chi connectivity index (χ0) is 15.2. The van der Waals surface area contributed by atoms with E-state index in [0.717, 1.165) is 25.7 Å². The maximum Gasteiger partial charge on any atom is 0.335 e. The molecule has 5 heteroatoms. The predicted octanol–water partition coefficient (Wildman–Crippen LogP) is 2.89. The summed E-state index contributed by atoms with van der Waals surface area (Å²) < 4.78 is 10.5. The van der Waals surface area contributed by atoms with Gasteiger partial charge in [-0.25, -0.2) is 4.79 Å². The zero-order valence-electron chi connectivity index (χ0n) is 12.1. The van der Waals surface area contributed by atoms with Crippen LogP contribution in [0.5, 0.6) is 5.75 Å². The smallest absolute Gasteiger partial charge is 0.335 e. The molecule has 0 heterocycles. The lowest BCUT2D eigenvalue weighted by atomic mass is 9.85. The summed E-state index contributed by atoms with van der Waals surface area (Å²) in [6.07, 6.45) is 4.33. The Morgan fingerprint density at radius 1 is 1.14 bits per heavy atom. The lowest BCUT2D eigenvalue weighted by molar-refractivity contribution is -0.142. The number of ether oxygens (including phenoxy) is 2. The molecule has 0 amide bonds. The molecule has 0 aromatic heterocycles. The molecule has 114 valence electrons. The van der Waals surface area contributed by atoms with Crippen LogP contribution >= 0.6 is 0 Å². The molecule has 0 unspecified atom stereocenters. The van der Waals surface area contributed by atoms with Gasteiger partial charge in [0.05, 0.1) is 18.8 Å². The summed E-state index contributed by atoms with van der Waals surface area (Å²) in [7, 11) is 1.41. The van der Waals surface area contributed by atoms with Crippen molar-refractivity contribution >= 4 is 11.9 Å². The molecule has 1 fully saturated rings. The third kappa shape index (κ3) is 4.48. The lowest BCUT2D eigenvalue weighted by Gasteiger charge is -2.28. The molecule has 0 spiro atoms. The molecule has 0 atom stereocenters. The minimum atomic E-state index is -0.940. The van der Waals surface area contributed by atoms with Gasteiger partial charge in [-0.3, -0.25) is 4.79 Å². The summed E-state index contributed by atoms with van der Waals surface area (Å²) >= 11 is 0. The van der Waals surface area contributed by atoms with Gasteiger partial charge in [0.15, 0.2) is 0 Å². The van der Waals surface area contributed by atoms with Crippen LogP contribution in [0, 0.1) is 5.92 Å². The van der Waals surface area contributed by atoms with Gasteiger partial charge in [0.1, 0.15) is 5.75 Å². The number of carboxylic acids is 1. The quantitative estimate of drug-likeness (QED) is 0.845. The summed E-state index contributed by atoms with van der Waals surface area (Å²) in [6.45, 7) is 0. The van der Waals surface area contributed by atoms with E-state index in [0.29, 0.717) is 18.1 Å². The molecule has 1 aliphatic carbocycles. The molecule has 0 aliphatic heterocycles. The molecule has 1 N–H and O–H groups in total. The monoisotopic (exact) mass is 292 g/mol. The molecule has 5 nitrogen and oxygen atoms in total. The van der Waals surface area contributed by atoms with Crippen molar-refractivity contribution in [3.05, 3.63) is 29.8 Å². The topological polar surface area (TPSA) is 72.8 Å². The molecule has 1 aliphatic rings. The van der Waals surface area contributed by atoms with Crippen molar-refractivity contribution < 1.29 is 24.2 Å². The molecule has 1 aromatic carbocycles. The van der Waals surface area contributed by atoms with E-state index in [4.69, 9.17) is 9.84 Å². The minimum absolute atomic E-state index is 0.134. The van der Waals surface area contributed by atoms with Crippen LogP contribution in [0.25, 0.3) is 0 Å². The highest BCUT2D eigenvalue weighted by Crippen LogP contribution is 2.29. The van der Waals surface area contributed by atoms with E-state index in [1.165, 1.54) is 7.11 Å². The van der Waals surface area contributed by atoms with Gasteiger partial charge in [-0.05, 0) is 55.9 Å². The number of carboxylic acid groups (broad SMARTS) is 1. The highest BCUT2D eigenvalue weighted by Gasteiger charge is 2.24. The first-order chi connectivity index (χ1) is 10.1. The van der Waals surface area contributed by atoms with Gasteiger partial charge in [0.25, 0.3) is 0 Å². The molecular weight excluding hydrogens is 272 g/mol. The number of hydrogen-bond acceptors (Lipinski definition) is 4. The van der Waals surface area contributed by atoms with E-state index >= 15 is 0 Å². The largest absolute Gasteiger partial charge is 0.490 e. The summed E-state index contributed by atoms with van der Waals surface area (Å²) in [5.74, 6) is -0.0170. The molecule has 1 aromatic rings. The van der Waals surface area contributed by atoms with Gasteiger partial charge in [-0.2, -0.15) is 0 Å². The minimum Gasteiger partial charge on any atom is -0.490 e. The number of methoxy groups -OCH3 is 1. The first-order valence-electron chi connectivity index (χ1n) is 7.15. The first-order valence-corrected chi connectivity index (χ1v) is 7.15. The van der Waals surface area contributed by atoms with Gasteiger partial charge in [0.2, 0.25) is 0 Å². The van der Waals surface area contributed by atoms with E-state index < -0.39 is 5.97 Å². The highest BCUT2D eigenvalue weighted by molar-refractivity contribution is 5.87. The Hall–Kier alpha value is -2.04. The van der Waals surface area contributed by atoms with Gasteiger partial charge in [0, 0.05) is 6.42 Å². The van der Waals surface area contributed by atoms with Crippen molar-refractivity contribution in [3.63, 3.8) is 0 Å². The van der Waals surface area contributed by atoms with Gasteiger partial charge in [-0.15, -0.1) is 0 Å². The van der Waals surface area contributed by atoms with Gasteiger partial charge in [-0.1, -0.05) is 0 Å². The van der Waals surface area contributed by atoms with E-state index in [1.54, 1.807) is 24.3 Å². The van der Waals surface area contributed by atoms with Crippen molar-refractivity contribution in [1.82, 2.24) is 0 Å². The third-order valence-corrected chi connectivity index (χ3v) is 3.88. The van der Waals surface area contributed by atoms with Gasteiger partial charge >= 0.3 is 11.9 Å². The van der Waals surface area contributed by atoms with Crippen molar-refractivity contribution in [1.29, 1.82) is 0 Å². The summed E-state index contributed by atoms with van der Waals surface area (Å²) in [4.78, 5) is 22.0. The average molecular weight is 292 g/mol. The second-order valence-electron chi connectivity index (χ2n) is 5.37. The third-order valence-electron chi connectivity index (χ3n) is 3.88. The van der Waals surface area contributed by atoms with Crippen LogP contribution < -0.4 is 4.74 Å². The summed E-state index contributed by atoms with van der Waals surface area (Å²) in [6, 6.07) is 6.45. The van der Waals surface area contributed by atoms with Crippen LogP contribution in [0.2, 0.25) is 0 Å². The number of carbonyl (C=O) groups excluding carboxylic acids is 1.